The molecule has 0 fully saturated rings. The van der Waals surface area contributed by atoms with Crippen LogP contribution in [0, 0.1) is 0 Å². The van der Waals surface area contributed by atoms with Gasteiger partial charge in [0.15, 0.2) is 5.75 Å². The minimum absolute atomic E-state index is 0.125. The Balaban J connectivity index is 2.29. The molecule has 122 valence electrons. The molecule has 0 unspecified atom stereocenters. The number of phenolic OH excluding ortho intramolecular Hbond substituents is 1. The molecular weight excluding hydrogens is 286 g/mol. The molecule has 1 rings (SSSR count). The van der Waals surface area contributed by atoms with E-state index >= 15 is 0 Å². The van der Waals surface area contributed by atoms with Crippen LogP contribution in [0.2, 0.25) is 0 Å². The molecule has 0 aliphatic carbocycles. The first kappa shape index (κ1) is 17.6. The third-order valence-corrected chi connectivity index (χ3v) is 2.62. The van der Waals surface area contributed by atoms with Crippen LogP contribution in [0.1, 0.15) is 37.6 Å². The van der Waals surface area contributed by atoms with Gasteiger partial charge >= 0.3 is 6.09 Å². The highest BCUT2D eigenvalue weighted by Gasteiger charge is 2.15. The number of benzene rings is 1. The number of nitrogen functional groups attached to an aromatic ring is 1. The quantitative estimate of drug-likeness (QED) is 0.375. The van der Waals surface area contributed by atoms with Gasteiger partial charge in [0.2, 0.25) is 0 Å². The van der Waals surface area contributed by atoms with Crippen LogP contribution in [0.25, 0.3) is 0 Å². The summed E-state index contributed by atoms with van der Waals surface area (Å²) in [5.41, 5.74) is 5.27. The van der Waals surface area contributed by atoms with Crippen molar-refractivity contribution in [1.29, 1.82) is 0 Å². The number of hydrogen-bond acceptors (Lipinski definition) is 5. The number of hydrogen-bond donors (Lipinski definition) is 4. The number of aromatic hydroxyl groups is 1. The number of ether oxygens (including phenoxy) is 1. The largest absolute Gasteiger partial charge is 0.505 e. The first-order valence-corrected chi connectivity index (χ1v) is 7.03. The van der Waals surface area contributed by atoms with Gasteiger partial charge in [0.1, 0.15) is 5.60 Å². The number of carbonyl (C=O) groups is 2. The highest BCUT2D eigenvalue weighted by atomic mass is 16.6. The molecule has 0 radical (unpaired) electrons. The second-order valence-corrected chi connectivity index (χ2v) is 5.78. The molecule has 0 aliphatic heterocycles. The van der Waals surface area contributed by atoms with Crippen molar-refractivity contribution < 1.29 is 19.4 Å². The van der Waals surface area contributed by atoms with E-state index in [0.717, 1.165) is 0 Å². The van der Waals surface area contributed by atoms with Crippen molar-refractivity contribution in [3.8, 4) is 5.75 Å². The van der Waals surface area contributed by atoms with Gasteiger partial charge in [-0.15, -0.1) is 0 Å². The van der Waals surface area contributed by atoms with Crippen LogP contribution < -0.4 is 16.4 Å². The minimum Gasteiger partial charge on any atom is -0.505 e. The normalized spacial score (nSPS) is 10.9. The third kappa shape index (κ3) is 5.90. The van der Waals surface area contributed by atoms with E-state index in [1.54, 1.807) is 26.8 Å². The number of alkyl carbamates (subject to hydrolysis) is 1. The van der Waals surface area contributed by atoms with E-state index in [4.69, 9.17) is 10.5 Å². The molecule has 22 heavy (non-hydrogen) atoms. The lowest BCUT2D eigenvalue weighted by atomic mass is 10.1. The Morgan fingerprint density at radius 2 is 1.86 bits per heavy atom. The summed E-state index contributed by atoms with van der Waals surface area (Å²) in [4.78, 5) is 23.3. The van der Waals surface area contributed by atoms with E-state index < -0.39 is 17.6 Å². The molecule has 0 aliphatic rings. The number of rotatable bonds is 5. The average Bonchev–Trinajstić information content (AvgIpc) is 2.39. The number of amides is 2. The standard InChI is InChI=1S/C15H23N3O4/c1-15(2,3)22-14(21)18-9-5-8-17-13(20)10-6-4-7-11(16)12(10)19/h4,6-7,19H,5,8-9,16H2,1-3H3,(H,17,20)(H,18,21). The molecule has 1 aromatic rings. The molecule has 0 atom stereocenters. The van der Waals surface area contributed by atoms with E-state index in [1.807, 2.05) is 0 Å². The molecule has 5 N–H and O–H groups in total. The summed E-state index contributed by atoms with van der Waals surface area (Å²) in [5, 5.41) is 14.9. The van der Waals surface area contributed by atoms with Gasteiger partial charge in [0, 0.05) is 13.1 Å². The van der Waals surface area contributed by atoms with E-state index in [-0.39, 0.29) is 17.0 Å². The molecule has 1 aromatic carbocycles. The van der Waals surface area contributed by atoms with Gasteiger partial charge in [-0.1, -0.05) is 6.07 Å². The lowest BCUT2D eigenvalue weighted by Crippen LogP contribution is -2.34. The Kier molecular flexibility index (Phi) is 6.03. The van der Waals surface area contributed by atoms with Crippen LogP contribution in [-0.4, -0.2) is 35.8 Å². The fourth-order valence-corrected chi connectivity index (χ4v) is 1.63. The van der Waals surface area contributed by atoms with Crippen LogP contribution in [0.4, 0.5) is 10.5 Å². The first-order chi connectivity index (χ1) is 10.2. The van der Waals surface area contributed by atoms with Crippen LogP contribution in [0.3, 0.4) is 0 Å². The summed E-state index contributed by atoms with van der Waals surface area (Å²) >= 11 is 0. The monoisotopic (exact) mass is 309 g/mol. The summed E-state index contributed by atoms with van der Waals surface area (Å²) in [7, 11) is 0. The van der Waals surface area contributed by atoms with Gasteiger partial charge < -0.3 is 26.2 Å². The third-order valence-electron chi connectivity index (χ3n) is 2.62. The molecule has 0 heterocycles. The van der Waals surface area contributed by atoms with Crippen molar-refractivity contribution in [3.63, 3.8) is 0 Å². The Morgan fingerprint density at radius 3 is 2.50 bits per heavy atom. The number of anilines is 1. The van der Waals surface area contributed by atoms with Crippen LogP contribution in [-0.2, 0) is 4.74 Å². The van der Waals surface area contributed by atoms with E-state index in [2.05, 4.69) is 10.6 Å². The van der Waals surface area contributed by atoms with E-state index in [1.165, 1.54) is 12.1 Å². The van der Waals surface area contributed by atoms with Crippen molar-refractivity contribution in [2.45, 2.75) is 32.8 Å². The highest BCUT2D eigenvalue weighted by Crippen LogP contribution is 2.23. The maximum atomic E-state index is 11.9. The fourth-order valence-electron chi connectivity index (χ4n) is 1.63. The maximum absolute atomic E-state index is 11.9. The second kappa shape index (κ2) is 7.53. The van der Waals surface area contributed by atoms with Gasteiger partial charge in [-0.3, -0.25) is 4.79 Å². The fraction of sp³-hybridized carbons (Fsp3) is 0.467. The Morgan fingerprint density at radius 1 is 1.23 bits per heavy atom. The van der Waals surface area contributed by atoms with Crippen molar-refractivity contribution >= 4 is 17.7 Å². The Bertz CT molecular complexity index is 538. The molecule has 2 amide bonds. The summed E-state index contributed by atoms with van der Waals surface area (Å²) < 4.78 is 5.08. The summed E-state index contributed by atoms with van der Waals surface area (Å²) in [6.07, 6.45) is 0.0425. The van der Waals surface area contributed by atoms with E-state index in [0.29, 0.717) is 19.5 Å². The number of nitrogens with one attached hydrogen (secondary N) is 2. The minimum atomic E-state index is -0.539. The van der Waals surface area contributed by atoms with Crippen LogP contribution in [0.15, 0.2) is 18.2 Å². The molecule has 7 nitrogen and oxygen atoms in total. The van der Waals surface area contributed by atoms with Crippen molar-refractivity contribution in [1.82, 2.24) is 10.6 Å². The van der Waals surface area contributed by atoms with Crippen molar-refractivity contribution in [2.75, 3.05) is 18.8 Å². The molecule has 0 aromatic heterocycles. The maximum Gasteiger partial charge on any atom is 0.407 e. The molecule has 0 saturated heterocycles. The second-order valence-electron chi connectivity index (χ2n) is 5.78. The lowest BCUT2D eigenvalue weighted by molar-refractivity contribution is 0.0527. The number of carbonyl (C=O) groups excluding carboxylic acids is 2. The van der Waals surface area contributed by atoms with Gasteiger partial charge in [-0.25, -0.2) is 4.79 Å². The predicted octanol–water partition coefficient (Wildman–Crippen LogP) is 1.62. The van der Waals surface area contributed by atoms with Crippen LogP contribution in [0.5, 0.6) is 5.75 Å². The molecular formula is C15H23N3O4. The number of para-hydroxylation sites is 1. The molecule has 0 spiro atoms. The molecule has 7 heteroatoms. The Hall–Kier alpha value is -2.44. The van der Waals surface area contributed by atoms with Gasteiger partial charge in [0.25, 0.3) is 5.91 Å². The SMILES string of the molecule is CC(C)(C)OC(=O)NCCCNC(=O)c1cccc(N)c1O. The molecule has 0 bridgehead atoms. The smallest absolute Gasteiger partial charge is 0.407 e. The predicted molar refractivity (Wildman–Crippen MR) is 83.7 cm³/mol. The first-order valence-electron chi connectivity index (χ1n) is 7.03. The summed E-state index contributed by atoms with van der Waals surface area (Å²) in [6, 6.07) is 4.59. The zero-order valence-electron chi connectivity index (χ0n) is 13.1. The zero-order valence-corrected chi connectivity index (χ0v) is 13.1. The summed E-state index contributed by atoms with van der Waals surface area (Å²) in [5.74, 6) is -0.644. The topological polar surface area (TPSA) is 114 Å². The van der Waals surface area contributed by atoms with Crippen molar-refractivity contribution in [3.05, 3.63) is 23.8 Å². The van der Waals surface area contributed by atoms with Crippen LogP contribution >= 0.6 is 0 Å². The van der Waals surface area contributed by atoms with Gasteiger partial charge in [-0.2, -0.15) is 0 Å². The van der Waals surface area contributed by atoms with E-state index in [9.17, 15) is 14.7 Å². The summed E-state index contributed by atoms with van der Waals surface area (Å²) in [6.45, 7) is 6.07. The lowest BCUT2D eigenvalue weighted by Gasteiger charge is -2.19. The molecule has 0 saturated carbocycles. The van der Waals surface area contributed by atoms with Gasteiger partial charge in [0.05, 0.1) is 11.3 Å². The van der Waals surface area contributed by atoms with Crippen molar-refractivity contribution in [2.24, 2.45) is 0 Å². The number of phenols is 1. The Labute approximate surface area is 129 Å². The number of nitrogens with two attached hydrogens (primary N) is 1. The van der Waals surface area contributed by atoms with Gasteiger partial charge in [-0.05, 0) is 39.3 Å². The highest BCUT2D eigenvalue weighted by molar-refractivity contribution is 5.98. The average molecular weight is 309 g/mol. The zero-order chi connectivity index (χ0) is 16.8.